The lowest BCUT2D eigenvalue weighted by atomic mass is 9.55. The summed E-state index contributed by atoms with van der Waals surface area (Å²) in [6.45, 7) is 11.4. The molecule has 0 saturated heterocycles. The van der Waals surface area contributed by atoms with Crippen molar-refractivity contribution in [1.29, 1.82) is 0 Å². The van der Waals surface area contributed by atoms with Gasteiger partial charge < -0.3 is 43.8 Å². The van der Waals surface area contributed by atoms with Crippen LogP contribution in [0.2, 0.25) is 0 Å². The molecule has 6 unspecified atom stereocenters. The molecular formula is C48H76N2O10. The Morgan fingerprint density at radius 1 is 0.883 bits per heavy atom. The minimum absolute atomic E-state index is 0.0835. The van der Waals surface area contributed by atoms with Crippen LogP contribution in [0.15, 0.2) is 60.3 Å². The maximum atomic E-state index is 14.5. The predicted molar refractivity (Wildman–Crippen MR) is 235 cm³/mol. The summed E-state index contributed by atoms with van der Waals surface area (Å²) >= 11 is 0. The highest BCUT2D eigenvalue weighted by Gasteiger charge is 2.65. The second-order valence-electron chi connectivity index (χ2n) is 16.4. The molecule has 1 heterocycles. The molecule has 12 nitrogen and oxygen atoms in total. The Morgan fingerprint density at radius 2 is 1.58 bits per heavy atom. The van der Waals surface area contributed by atoms with Gasteiger partial charge in [-0.25, -0.2) is 4.79 Å². The average molecular weight is 841 g/mol. The maximum Gasteiger partial charge on any atom is 0.410 e. The van der Waals surface area contributed by atoms with Gasteiger partial charge in [-0.05, 0) is 67.7 Å². The van der Waals surface area contributed by atoms with Crippen LogP contribution in [0.25, 0.3) is 0 Å². The number of benzene rings is 1. The van der Waals surface area contributed by atoms with E-state index in [9.17, 15) is 20.1 Å². The summed E-state index contributed by atoms with van der Waals surface area (Å²) in [5.41, 5.74) is 2.63. The van der Waals surface area contributed by atoms with E-state index in [2.05, 4.69) is 37.4 Å². The molecule has 1 amide bonds. The van der Waals surface area contributed by atoms with Crippen molar-refractivity contribution in [3.8, 4) is 11.5 Å². The van der Waals surface area contributed by atoms with Gasteiger partial charge in [0, 0.05) is 37.7 Å². The standard InChI is InChI=1S/C48H76N2O10/c1-5-8-9-10-11-12-13-14-15-20-31-58-47(54)50(25-32-56-33-28-53)44-36-42(49-55-4)40-34-37(21-16-18-26-51)39(22-17-19-27-52)45-41-35-38(57-29-6-2)23-24-43(41)60-48(44,46(40)45)59-30-7-3/h6-7,23-24,34-35,37,39,44-46,51-53H,2-3,5,8-22,25-33,36H2,1,4H3. The molecule has 6 atom stereocenters. The molecular weight excluding hydrogens is 765 g/mol. The summed E-state index contributed by atoms with van der Waals surface area (Å²) in [4.78, 5) is 21.7. The number of carbonyl (C=O) groups excluding carboxylic acids is 1. The second kappa shape index (κ2) is 27.5. The van der Waals surface area contributed by atoms with E-state index in [1.807, 2.05) is 12.1 Å². The van der Waals surface area contributed by atoms with Crippen LogP contribution in [0, 0.1) is 17.8 Å². The van der Waals surface area contributed by atoms with Crippen molar-refractivity contribution in [1.82, 2.24) is 4.90 Å². The van der Waals surface area contributed by atoms with Crippen molar-refractivity contribution < 1.29 is 48.6 Å². The highest BCUT2D eigenvalue weighted by Crippen LogP contribution is 2.62. The van der Waals surface area contributed by atoms with E-state index >= 15 is 0 Å². The van der Waals surface area contributed by atoms with Gasteiger partial charge in [0.1, 0.15) is 31.3 Å². The lowest BCUT2D eigenvalue weighted by Crippen LogP contribution is -2.70. The van der Waals surface area contributed by atoms with Gasteiger partial charge in [-0.1, -0.05) is 108 Å². The third-order valence-electron chi connectivity index (χ3n) is 12.3. The van der Waals surface area contributed by atoms with Gasteiger partial charge in [0.15, 0.2) is 0 Å². The topological polar surface area (TPSA) is 149 Å². The number of nitrogens with zero attached hydrogens (tertiary/aromatic N) is 2. The third-order valence-corrected chi connectivity index (χ3v) is 12.3. The average Bonchev–Trinajstić information content (AvgIpc) is 3.25. The first-order valence-electron chi connectivity index (χ1n) is 22.9. The number of oxime groups is 1. The highest BCUT2D eigenvalue weighted by molar-refractivity contribution is 6.02. The molecule has 60 heavy (non-hydrogen) atoms. The van der Waals surface area contributed by atoms with Crippen molar-refractivity contribution in [2.75, 3.05) is 66.5 Å². The van der Waals surface area contributed by atoms with Crippen molar-refractivity contribution >= 4 is 11.8 Å². The van der Waals surface area contributed by atoms with Gasteiger partial charge >= 0.3 is 6.09 Å². The maximum absolute atomic E-state index is 14.5. The molecule has 1 aromatic rings. The van der Waals surface area contributed by atoms with Crippen LogP contribution in [0.4, 0.5) is 4.79 Å². The third kappa shape index (κ3) is 13.5. The van der Waals surface area contributed by atoms with E-state index in [-0.39, 0.29) is 77.0 Å². The number of hydrogen-bond donors (Lipinski definition) is 3. The SMILES string of the molecule is C=CCOc1ccc2c(c1)C1C(CCCCO)C(CCCCO)C=C3C(=NOC)CC(N(CCOCCO)C(=O)OCCCCCCCCCCCC)C(OCC=C)(O2)C31. The first-order chi connectivity index (χ1) is 29.4. The number of amides is 1. The molecule has 2 aliphatic carbocycles. The fourth-order valence-electron chi connectivity index (χ4n) is 9.54. The molecule has 3 N–H and O–H groups in total. The molecule has 0 aromatic heterocycles. The number of unbranched alkanes of at least 4 members (excludes halogenated alkanes) is 11. The number of fused-ring (bicyclic) bond motifs is 2. The van der Waals surface area contributed by atoms with Gasteiger partial charge in [0.05, 0.1) is 44.7 Å². The number of carbonyl (C=O) groups is 1. The molecule has 0 radical (unpaired) electrons. The first kappa shape index (κ1) is 49.2. The quantitative estimate of drug-likeness (QED) is 0.0365. The number of aliphatic hydroxyl groups excluding tert-OH is 3. The smallest absolute Gasteiger partial charge is 0.410 e. The van der Waals surface area contributed by atoms with Gasteiger partial charge in [-0.2, -0.15) is 0 Å². The minimum Gasteiger partial charge on any atom is -0.490 e. The molecule has 1 aliphatic heterocycles. The lowest BCUT2D eigenvalue weighted by Gasteiger charge is -2.59. The lowest BCUT2D eigenvalue weighted by molar-refractivity contribution is -0.256. The number of hydrogen-bond acceptors (Lipinski definition) is 11. The summed E-state index contributed by atoms with van der Waals surface area (Å²) in [7, 11) is 1.53. The van der Waals surface area contributed by atoms with Crippen molar-refractivity contribution in [3.05, 3.63) is 60.7 Å². The van der Waals surface area contributed by atoms with Crippen molar-refractivity contribution in [2.45, 2.75) is 134 Å². The fourth-order valence-corrected chi connectivity index (χ4v) is 9.54. The van der Waals surface area contributed by atoms with E-state index in [1.165, 1.54) is 52.1 Å². The number of allylic oxidation sites excluding steroid dienone is 1. The second-order valence-corrected chi connectivity index (χ2v) is 16.4. The molecule has 3 aliphatic rings. The first-order valence-corrected chi connectivity index (χ1v) is 22.9. The molecule has 4 rings (SSSR count). The van der Waals surface area contributed by atoms with Crippen LogP contribution < -0.4 is 9.47 Å². The zero-order valence-electron chi connectivity index (χ0n) is 36.7. The van der Waals surface area contributed by atoms with E-state index < -0.39 is 23.8 Å². The number of aliphatic hydroxyl groups is 3. The fraction of sp³-hybridized carbons (Fsp3) is 0.708. The molecule has 1 aromatic carbocycles. The van der Waals surface area contributed by atoms with E-state index in [1.54, 1.807) is 17.1 Å². The van der Waals surface area contributed by atoms with Gasteiger partial charge in [-0.3, -0.25) is 4.90 Å². The zero-order chi connectivity index (χ0) is 43.0. The predicted octanol–water partition coefficient (Wildman–Crippen LogP) is 8.88. The summed E-state index contributed by atoms with van der Waals surface area (Å²) in [5.74, 6) is -0.511. The monoisotopic (exact) mass is 841 g/mol. The summed E-state index contributed by atoms with van der Waals surface area (Å²) in [5, 5.41) is 33.9. The molecule has 0 bridgehead atoms. The Labute approximate surface area is 360 Å². The Balaban J connectivity index is 1.78. The van der Waals surface area contributed by atoms with E-state index in [0.29, 0.717) is 36.7 Å². The largest absolute Gasteiger partial charge is 0.490 e. The molecule has 338 valence electrons. The number of ether oxygens (including phenoxy) is 5. The molecule has 1 saturated carbocycles. The molecule has 0 spiro atoms. The van der Waals surface area contributed by atoms with Crippen LogP contribution in [0.1, 0.15) is 128 Å². The normalized spacial score (nSPS) is 23.5. The zero-order valence-corrected chi connectivity index (χ0v) is 36.7. The minimum atomic E-state index is -1.41. The summed E-state index contributed by atoms with van der Waals surface area (Å²) < 4.78 is 32.2. The Kier molecular flexibility index (Phi) is 22.6. The van der Waals surface area contributed by atoms with Gasteiger partial charge in [-0.15, -0.1) is 6.58 Å². The van der Waals surface area contributed by atoms with Gasteiger partial charge in [0.2, 0.25) is 5.79 Å². The van der Waals surface area contributed by atoms with Crippen LogP contribution >= 0.6 is 0 Å². The summed E-state index contributed by atoms with van der Waals surface area (Å²) in [6.07, 6.45) is 21.9. The molecule has 12 heteroatoms. The van der Waals surface area contributed by atoms with Crippen LogP contribution in [0.3, 0.4) is 0 Å². The van der Waals surface area contributed by atoms with Crippen molar-refractivity contribution in [2.24, 2.45) is 22.9 Å². The van der Waals surface area contributed by atoms with E-state index in [0.717, 1.165) is 56.1 Å². The Bertz CT molecular complexity index is 1480. The highest BCUT2D eigenvalue weighted by atomic mass is 16.7. The van der Waals surface area contributed by atoms with Crippen LogP contribution in [-0.4, -0.2) is 110 Å². The number of rotatable bonds is 32. The summed E-state index contributed by atoms with van der Waals surface area (Å²) in [6, 6.07) is 5.15. The van der Waals surface area contributed by atoms with Crippen molar-refractivity contribution in [3.63, 3.8) is 0 Å². The van der Waals surface area contributed by atoms with E-state index in [4.69, 9.17) is 28.5 Å². The van der Waals surface area contributed by atoms with Crippen LogP contribution in [-0.2, 0) is 19.0 Å². The Hall–Kier alpha value is -3.42. The Morgan fingerprint density at radius 3 is 2.25 bits per heavy atom. The van der Waals surface area contributed by atoms with Crippen LogP contribution in [0.5, 0.6) is 11.5 Å². The van der Waals surface area contributed by atoms with Gasteiger partial charge in [0.25, 0.3) is 0 Å². The molecule has 1 fully saturated rings.